The number of amides is 1. The molecule has 1 aliphatic heterocycles. The standard InChI is InChI=1S/C16H14ClNO3/c17-12-1-4-14(5-2-12)21-10-16(19)18-13-3-6-15-11(9-13)7-8-20-15/h1-6,9H,7-8,10H2,(H,18,19). The van der Waals surface area contributed by atoms with Crippen LogP contribution in [0.2, 0.25) is 5.02 Å². The summed E-state index contributed by atoms with van der Waals surface area (Å²) in [6.07, 6.45) is 0.875. The number of carbonyl (C=O) groups excluding carboxylic acids is 1. The lowest BCUT2D eigenvalue weighted by Gasteiger charge is -2.08. The molecule has 0 radical (unpaired) electrons. The molecule has 0 unspecified atom stereocenters. The Kier molecular flexibility index (Phi) is 3.97. The first-order valence-electron chi connectivity index (χ1n) is 6.65. The van der Waals surface area contributed by atoms with E-state index in [0.717, 1.165) is 23.4 Å². The number of ether oxygens (including phenoxy) is 2. The van der Waals surface area contributed by atoms with E-state index in [1.165, 1.54) is 0 Å². The smallest absolute Gasteiger partial charge is 0.262 e. The zero-order chi connectivity index (χ0) is 14.7. The number of benzene rings is 2. The molecule has 2 aromatic rings. The lowest BCUT2D eigenvalue weighted by Crippen LogP contribution is -2.20. The van der Waals surface area contributed by atoms with Crippen LogP contribution in [0.5, 0.6) is 11.5 Å². The highest BCUT2D eigenvalue weighted by Gasteiger charge is 2.13. The molecular formula is C16H14ClNO3. The first-order valence-corrected chi connectivity index (χ1v) is 7.02. The number of anilines is 1. The second-order valence-electron chi connectivity index (χ2n) is 4.71. The van der Waals surface area contributed by atoms with Crippen LogP contribution < -0.4 is 14.8 Å². The fourth-order valence-corrected chi connectivity index (χ4v) is 2.27. The van der Waals surface area contributed by atoms with E-state index in [0.29, 0.717) is 17.4 Å². The predicted molar refractivity (Wildman–Crippen MR) is 81.2 cm³/mol. The van der Waals surface area contributed by atoms with Gasteiger partial charge in [0.2, 0.25) is 0 Å². The van der Waals surface area contributed by atoms with Crippen molar-refractivity contribution in [1.82, 2.24) is 0 Å². The molecule has 0 bridgehead atoms. The van der Waals surface area contributed by atoms with Gasteiger partial charge >= 0.3 is 0 Å². The van der Waals surface area contributed by atoms with Gasteiger partial charge in [0.1, 0.15) is 11.5 Å². The largest absolute Gasteiger partial charge is 0.493 e. The quantitative estimate of drug-likeness (QED) is 0.943. The highest BCUT2D eigenvalue weighted by Crippen LogP contribution is 2.27. The molecule has 108 valence electrons. The van der Waals surface area contributed by atoms with E-state index < -0.39 is 0 Å². The van der Waals surface area contributed by atoms with Gasteiger partial charge in [-0.3, -0.25) is 4.79 Å². The van der Waals surface area contributed by atoms with Crippen LogP contribution in [0.25, 0.3) is 0 Å². The van der Waals surface area contributed by atoms with Gasteiger partial charge in [0.15, 0.2) is 6.61 Å². The third-order valence-corrected chi connectivity index (χ3v) is 3.41. The molecule has 1 heterocycles. The molecule has 0 saturated carbocycles. The van der Waals surface area contributed by atoms with Crippen molar-refractivity contribution in [2.45, 2.75) is 6.42 Å². The Balaban J connectivity index is 1.55. The van der Waals surface area contributed by atoms with Gasteiger partial charge in [0, 0.05) is 17.1 Å². The lowest BCUT2D eigenvalue weighted by molar-refractivity contribution is -0.118. The molecule has 0 spiro atoms. The van der Waals surface area contributed by atoms with E-state index in [4.69, 9.17) is 21.1 Å². The topological polar surface area (TPSA) is 47.6 Å². The van der Waals surface area contributed by atoms with Crippen molar-refractivity contribution in [1.29, 1.82) is 0 Å². The molecule has 1 amide bonds. The van der Waals surface area contributed by atoms with Crippen molar-refractivity contribution < 1.29 is 14.3 Å². The van der Waals surface area contributed by atoms with Crippen LogP contribution in [0, 0.1) is 0 Å². The lowest BCUT2D eigenvalue weighted by atomic mass is 10.1. The first-order chi connectivity index (χ1) is 10.2. The maximum Gasteiger partial charge on any atom is 0.262 e. The molecule has 0 atom stereocenters. The molecule has 0 aliphatic carbocycles. The molecule has 4 nitrogen and oxygen atoms in total. The Morgan fingerprint density at radius 3 is 2.86 bits per heavy atom. The summed E-state index contributed by atoms with van der Waals surface area (Å²) >= 11 is 5.78. The first kappa shape index (κ1) is 13.8. The summed E-state index contributed by atoms with van der Waals surface area (Å²) in [5.41, 5.74) is 1.87. The third kappa shape index (κ3) is 3.47. The van der Waals surface area contributed by atoms with Gasteiger partial charge in [-0.1, -0.05) is 11.6 Å². The summed E-state index contributed by atoms with van der Waals surface area (Å²) < 4.78 is 10.8. The van der Waals surface area contributed by atoms with E-state index in [9.17, 15) is 4.79 Å². The Hall–Kier alpha value is -2.20. The summed E-state index contributed by atoms with van der Waals surface area (Å²) in [6, 6.07) is 12.5. The second kappa shape index (κ2) is 6.06. The number of halogens is 1. The van der Waals surface area contributed by atoms with Crippen molar-refractivity contribution in [3.8, 4) is 11.5 Å². The normalized spacial score (nSPS) is 12.4. The molecule has 1 N–H and O–H groups in total. The second-order valence-corrected chi connectivity index (χ2v) is 5.15. The fraction of sp³-hybridized carbons (Fsp3) is 0.188. The van der Waals surface area contributed by atoms with E-state index in [-0.39, 0.29) is 12.5 Å². The van der Waals surface area contributed by atoms with Crippen molar-refractivity contribution in [2.75, 3.05) is 18.5 Å². The van der Waals surface area contributed by atoms with Crippen molar-refractivity contribution in [3.05, 3.63) is 53.1 Å². The summed E-state index contributed by atoms with van der Waals surface area (Å²) in [6.45, 7) is 0.654. The molecule has 3 rings (SSSR count). The number of nitrogens with one attached hydrogen (secondary N) is 1. The Bertz CT molecular complexity index is 655. The average Bonchev–Trinajstić information content (AvgIpc) is 2.94. The molecule has 2 aromatic carbocycles. The molecule has 0 aromatic heterocycles. The molecule has 5 heteroatoms. The maximum atomic E-state index is 11.9. The average molecular weight is 304 g/mol. The molecule has 1 aliphatic rings. The highest BCUT2D eigenvalue weighted by atomic mass is 35.5. The van der Waals surface area contributed by atoms with Gasteiger partial charge in [0.25, 0.3) is 5.91 Å². The van der Waals surface area contributed by atoms with E-state index in [1.54, 1.807) is 24.3 Å². The Morgan fingerprint density at radius 2 is 2.05 bits per heavy atom. The highest BCUT2D eigenvalue weighted by molar-refractivity contribution is 6.30. The van der Waals surface area contributed by atoms with Gasteiger partial charge in [-0.05, 0) is 48.0 Å². The van der Waals surface area contributed by atoms with Gasteiger partial charge < -0.3 is 14.8 Å². The molecular weight excluding hydrogens is 290 g/mol. The number of hydrogen-bond acceptors (Lipinski definition) is 3. The van der Waals surface area contributed by atoms with Crippen LogP contribution in [-0.2, 0) is 11.2 Å². The number of rotatable bonds is 4. The van der Waals surface area contributed by atoms with Gasteiger partial charge in [-0.15, -0.1) is 0 Å². The zero-order valence-electron chi connectivity index (χ0n) is 11.3. The monoisotopic (exact) mass is 303 g/mol. The fourth-order valence-electron chi connectivity index (χ4n) is 2.14. The minimum absolute atomic E-state index is 0.0464. The molecule has 0 fully saturated rings. The van der Waals surface area contributed by atoms with Crippen molar-refractivity contribution >= 4 is 23.2 Å². The Labute approximate surface area is 127 Å². The van der Waals surface area contributed by atoms with Gasteiger partial charge in [-0.2, -0.15) is 0 Å². The van der Waals surface area contributed by atoms with Crippen LogP contribution in [0.1, 0.15) is 5.56 Å². The number of carbonyl (C=O) groups is 1. The Morgan fingerprint density at radius 1 is 1.24 bits per heavy atom. The van der Waals surface area contributed by atoms with Crippen LogP contribution in [0.3, 0.4) is 0 Å². The van der Waals surface area contributed by atoms with Crippen LogP contribution >= 0.6 is 11.6 Å². The van der Waals surface area contributed by atoms with E-state index in [1.807, 2.05) is 18.2 Å². The van der Waals surface area contributed by atoms with Crippen molar-refractivity contribution in [2.24, 2.45) is 0 Å². The molecule has 21 heavy (non-hydrogen) atoms. The SMILES string of the molecule is O=C(COc1ccc(Cl)cc1)Nc1ccc2c(c1)CCO2. The van der Waals surface area contributed by atoms with E-state index >= 15 is 0 Å². The minimum Gasteiger partial charge on any atom is -0.493 e. The maximum absolute atomic E-state index is 11.9. The van der Waals surface area contributed by atoms with Crippen molar-refractivity contribution in [3.63, 3.8) is 0 Å². The predicted octanol–water partition coefficient (Wildman–Crippen LogP) is 3.29. The summed E-state index contributed by atoms with van der Waals surface area (Å²) in [7, 11) is 0. The zero-order valence-corrected chi connectivity index (χ0v) is 12.0. The van der Waals surface area contributed by atoms with Crippen LogP contribution in [0.15, 0.2) is 42.5 Å². The number of hydrogen-bond donors (Lipinski definition) is 1. The third-order valence-electron chi connectivity index (χ3n) is 3.16. The van der Waals surface area contributed by atoms with E-state index in [2.05, 4.69) is 5.32 Å². The summed E-state index contributed by atoms with van der Waals surface area (Å²) in [5.74, 6) is 1.30. The molecule has 0 saturated heterocycles. The van der Waals surface area contributed by atoms with Crippen LogP contribution in [-0.4, -0.2) is 19.1 Å². The summed E-state index contributed by atoms with van der Waals surface area (Å²) in [5, 5.41) is 3.44. The number of fused-ring (bicyclic) bond motifs is 1. The summed E-state index contributed by atoms with van der Waals surface area (Å²) in [4.78, 5) is 11.9. The minimum atomic E-state index is -0.205. The van der Waals surface area contributed by atoms with Crippen LogP contribution in [0.4, 0.5) is 5.69 Å². The van der Waals surface area contributed by atoms with Gasteiger partial charge in [-0.25, -0.2) is 0 Å². The van der Waals surface area contributed by atoms with Gasteiger partial charge in [0.05, 0.1) is 6.61 Å².